The van der Waals surface area contributed by atoms with Gasteiger partial charge in [-0.3, -0.25) is 4.79 Å². The summed E-state index contributed by atoms with van der Waals surface area (Å²) in [6.07, 6.45) is 5.14. The fourth-order valence-electron chi connectivity index (χ4n) is 2.68. The van der Waals surface area contributed by atoms with Crippen molar-refractivity contribution in [2.75, 3.05) is 6.54 Å². The lowest BCUT2D eigenvalue weighted by Gasteiger charge is -2.09. The first kappa shape index (κ1) is 18.3. The minimum Gasteiger partial charge on any atom is -0.511 e. The Labute approximate surface area is 157 Å². The maximum atomic E-state index is 12.3. The second kappa shape index (κ2) is 8.76. The zero-order chi connectivity index (χ0) is 19.1. The number of rotatable bonds is 6. The number of nitrogens with one attached hydrogen (secondary N) is 1. The molecule has 1 aliphatic rings. The third-order valence-corrected chi connectivity index (χ3v) is 4.02. The average molecular weight is 363 g/mol. The average Bonchev–Trinajstić information content (AvgIpc) is 2.83. The van der Waals surface area contributed by atoms with Gasteiger partial charge in [0.25, 0.3) is 5.91 Å². The van der Waals surface area contributed by atoms with E-state index in [4.69, 9.17) is 4.74 Å². The van der Waals surface area contributed by atoms with Crippen LogP contribution in [0.1, 0.15) is 12.0 Å². The van der Waals surface area contributed by atoms with Gasteiger partial charge in [0.05, 0.1) is 5.57 Å². The SMILES string of the molecule is O=C(NCCc1cccc(Oc2ccccc2)c1)C1=C(O)CC=CC(O)=C1. The Bertz CT molecular complexity index is 898. The van der Waals surface area contributed by atoms with Crippen molar-refractivity contribution in [2.24, 2.45) is 0 Å². The van der Waals surface area contributed by atoms with Gasteiger partial charge in [0.2, 0.25) is 0 Å². The lowest BCUT2D eigenvalue weighted by atomic mass is 10.1. The highest BCUT2D eigenvalue weighted by Gasteiger charge is 2.14. The van der Waals surface area contributed by atoms with Crippen LogP contribution in [0.15, 0.2) is 89.9 Å². The van der Waals surface area contributed by atoms with E-state index in [0.717, 1.165) is 17.1 Å². The van der Waals surface area contributed by atoms with Gasteiger partial charge >= 0.3 is 0 Å². The molecule has 0 saturated carbocycles. The standard InChI is InChI=1S/C22H21NO4/c24-17-7-5-11-21(25)20(15-17)22(26)23-13-12-16-6-4-10-19(14-16)27-18-8-2-1-3-9-18/h1-10,14-15,24-25H,11-13H2,(H,23,26). The van der Waals surface area contributed by atoms with Crippen LogP contribution in [0, 0.1) is 0 Å². The van der Waals surface area contributed by atoms with Crippen LogP contribution in [0.5, 0.6) is 11.5 Å². The summed E-state index contributed by atoms with van der Waals surface area (Å²) in [5, 5.41) is 22.3. The molecule has 0 bridgehead atoms. The van der Waals surface area contributed by atoms with E-state index in [2.05, 4.69) is 5.32 Å². The highest BCUT2D eigenvalue weighted by molar-refractivity contribution is 5.97. The number of allylic oxidation sites excluding steroid dienone is 2. The number of benzene rings is 2. The Morgan fingerprint density at radius 1 is 1.04 bits per heavy atom. The third kappa shape index (κ3) is 5.25. The molecular formula is C22H21NO4. The number of hydrogen-bond acceptors (Lipinski definition) is 4. The molecule has 0 unspecified atom stereocenters. The zero-order valence-corrected chi connectivity index (χ0v) is 14.8. The molecule has 5 nitrogen and oxygen atoms in total. The lowest BCUT2D eigenvalue weighted by Crippen LogP contribution is -2.27. The van der Waals surface area contributed by atoms with Crippen molar-refractivity contribution < 1.29 is 19.7 Å². The molecule has 0 radical (unpaired) electrons. The van der Waals surface area contributed by atoms with Crippen LogP contribution in [-0.4, -0.2) is 22.7 Å². The normalized spacial score (nSPS) is 13.7. The number of aliphatic hydroxyl groups is 2. The molecule has 138 valence electrons. The number of ether oxygens (including phenoxy) is 1. The second-order valence-electron chi connectivity index (χ2n) is 6.10. The molecule has 0 saturated heterocycles. The monoisotopic (exact) mass is 363 g/mol. The summed E-state index contributed by atoms with van der Waals surface area (Å²) < 4.78 is 5.81. The van der Waals surface area contributed by atoms with Crippen LogP contribution in [0.4, 0.5) is 0 Å². The molecular weight excluding hydrogens is 342 g/mol. The molecule has 1 aliphatic carbocycles. The van der Waals surface area contributed by atoms with Gasteiger partial charge in [0.15, 0.2) is 0 Å². The minimum absolute atomic E-state index is 0.0602. The van der Waals surface area contributed by atoms with Crippen LogP contribution < -0.4 is 10.1 Å². The number of carbonyl (C=O) groups excluding carboxylic acids is 1. The summed E-state index contributed by atoms with van der Waals surface area (Å²) in [6.45, 7) is 0.395. The Morgan fingerprint density at radius 2 is 1.81 bits per heavy atom. The molecule has 5 heteroatoms. The van der Waals surface area contributed by atoms with Crippen LogP contribution in [0.3, 0.4) is 0 Å². The Kier molecular flexibility index (Phi) is 5.94. The van der Waals surface area contributed by atoms with Gasteiger partial charge in [-0.2, -0.15) is 0 Å². The molecule has 0 spiro atoms. The third-order valence-electron chi connectivity index (χ3n) is 4.02. The molecule has 2 aromatic carbocycles. The van der Waals surface area contributed by atoms with Crippen molar-refractivity contribution in [1.82, 2.24) is 5.32 Å². The van der Waals surface area contributed by atoms with Gasteiger partial charge in [-0.05, 0) is 48.4 Å². The van der Waals surface area contributed by atoms with Crippen molar-refractivity contribution in [2.45, 2.75) is 12.8 Å². The van der Waals surface area contributed by atoms with E-state index in [1.54, 1.807) is 6.08 Å². The number of hydrogen-bond donors (Lipinski definition) is 3. The summed E-state index contributed by atoms with van der Waals surface area (Å²) in [6, 6.07) is 17.2. The van der Waals surface area contributed by atoms with Crippen LogP contribution in [0.2, 0.25) is 0 Å². The quantitative estimate of drug-likeness (QED) is 0.713. The second-order valence-corrected chi connectivity index (χ2v) is 6.10. The van der Waals surface area contributed by atoms with E-state index in [1.807, 2.05) is 54.6 Å². The maximum absolute atomic E-state index is 12.3. The summed E-state index contributed by atoms with van der Waals surface area (Å²) in [7, 11) is 0. The van der Waals surface area contributed by atoms with E-state index < -0.39 is 5.91 Å². The topological polar surface area (TPSA) is 78.8 Å². The highest BCUT2D eigenvalue weighted by Crippen LogP contribution is 2.22. The van der Waals surface area contributed by atoms with E-state index in [0.29, 0.717) is 13.0 Å². The summed E-state index contributed by atoms with van der Waals surface area (Å²) in [5.74, 6) is 0.951. The first-order valence-electron chi connectivity index (χ1n) is 8.71. The van der Waals surface area contributed by atoms with Crippen molar-refractivity contribution in [3.8, 4) is 11.5 Å². The van der Waals surface area contributed by atoms with Gasteiger partial charge in [0.1, 0.15) is 23.0 Å². The van der Waals surface area contributed by atoms with Crippen LogP contribution in [-0.2, 0) is 11.2 Å². The minimum atomic E-state index is -0.417. The van der Waals surface area contributed by atoms with Crippen LogP contribution in [0.25, 0.3) is 0 Å². The van der Waals surface area contributed by atoms with Gasteiger partial charge in [-0.25, -0.2) is 0 Å². The van der Waals surface area contributed by atoms with Gasteiger partial charge < -0.3 is 20.3 Å². The molecule has 0 heterocycles. The lowest BCUT2D eigenvalue weighted by molar-refractivity contribution is -0.117. The number of amides is 1. The Balaban J connectivity index is 1.57. The molecule has 2 aromatic rings. The predicted octanol–water partition coefficient (Wildman–Crippen LogP) is 4.35. The largest absolute Gasteiger partial charge is 0.511 e. The number of aliphatic hydroxyl groups excluding tert-OH is 2. The van der Waals surface area contributed by atoms with Crippen molar-refractivity contribution >= 4 is 5.91 Å². The van der Waals surface area contributed by atoms with E-state index >= 15 is 0 Å². The fraction of sp³-hybridized carbons (Fsp3) is 0.136. The molecule has 0 aromatic heterocycles. The predicted molar refractivity (Wildman–Crippen MR) is 104 cm³/mol. The summed E-state index contributed by atoms with van der Waals surface area (Å²) in [4.78, 5) is 12.3. The first-order chi connectivity index (χ1) is 13.1. The number of para-hydroxylation sites is 1. The van der Waals surface area contributed by atoms with E-state index in [9.17, 15) is 15.0 Å². The fourth-order valence-corrected chi connectivity index (χ4v) is 2.68. The maximum Gasteiger partial charge on any atom is 0.254 e. The van der Waals surface area contributed by atoms with Gasteiger partial charge in [-0.1, -0.05) is 36.4 Å². The first-order valence-corrected chi connectivity index (χ1v) is 8.71. The molecule has 3 rings (SSSR count). The van der Waals surface area contributed by atoms with Crippen molar-refractivity contribution in [1.29, 1.82) is 0 Å². The number of carbonyl (C=O) groups is 1. The van der Waals surface area contributed by atoms with E-state index in [-0.39, 0.29) is 23.5 Å². The molecule has 1 amide bonds. The molecule has 0 fully saturated rings. The van der Waals surface area contributed by atoms with Gasteiger partial charge in [0, 0.05) is 13.0 Å². The molecule has 0 atom stereocenters. The zero-order valence-electron chi connectivity index (χ0n) is 14.8. The van der Waals surface area contributed by atoms with Crippen LogP contribution >= 0.6 is 0 Å². The Morgan fingerprint density at radius 3 is 2.63 bits per heavy atom. The van der Waals surface area contributed by atoms with Crippen molar-refractivity contribution in [3.05, 3.63) is 95.5 Å². The van der Waals surface area contributed by atoms with Crippen molar-refractivity contribution in [3.63, 3.8) is 0 Å². The molecule has 27 heavy (non-hydrogen) atoms. The van der Waals surface area contributed by atoms with Gasteiger partial charge in [-0.15, -0.1) is 0 Å². The summed E-state index contributed by atoms with van der Waals surface area (Å²) in [5.41, 5.74) is 1.10. The molecule has 3 N–H and O–H groups in total. The van der Waals surface area contributed by atoms with E-state index in [1.165, 1.54) is 12.2 Å². The Hall–Kier alpha value is -3.47. The molecule has 0 aliphatic heterocycles. The smallest absolute Gasteiger partial charge is 0.254 e. The highest BCUT2D eigenvalue weighted by atomic mass is 16.5. The summed E-state index contributed by atoms with van der Waals surface area (Å²) >= 11 is 0.